The molecule has 1 aromatic heterocycles. The van der Waals surface area contributed by atoms with Crippen LogP contribution in [0.2, 0.25) is 0 Å². The molecule has 2 rings (SSSR count). The van der Waals surface area contributed by atoms with Crippen molar-refractivity contribution >= 4 is 0 Å². The molecule has 5 nitrogen and oxygen atoms in total. The molecule has 0 aliphatic carbocycles. The van der Waals surface area contributed by atoms with Crippen LogP contribution in [0.5, 0.6) is 0 Å². The summed E-state index contributed by atoms with van der Waals surface area (Å²) in [4.78, 5) is 0. The predicted octanol–water partition coefficient (Wildman–Crippen LogP) is 1.60. The van der Waals surface area contributed by atoms with Gasteiger partial charge in [-0.3, -0.25) is 0 Å². The van der Waals surface area contributed by atoms with E-state index in [0.717, 1.165) is 36.7 Å². The van der Waals surface area contributed by atoms with Gasteiger partial charge in [-0.25, -0.2) is 0 Å². The second-order valence-electron chi connectivity index (χ2n) is 3.86. The monoisotopic (exact) mass is 246 g/mol. The van der Waals surface area contributed by atoms with Crippen LogP contribution in [-0.4, -0.2) is 35.2 Å². The average molecular weight is 246 g/mol. The first kappa shape index (κ1) is 12.7. The third kappa shape index (κ3) is 3.38. The van der Waals surface area contributed by atoms with E-state index < -0.39 is 0 Å². The first-order valence-corrected chi connectivity index (χ1v) is 6.15. The molecule has 5 heteroatoms. The van der Waals surface area contributed by atoms with Gasteiger partial charge in [0.1, 0.15) is 11.4 Å². The lowest BCUT2D eigenvalue weighted by Gasteiger charge is -2.04. The highest BCUT2D eigenvalue weighted by Crippen LogP contribution is 2.18. The smallest absolute Gasteiger partial charge is 0.117 e. The normalized spacial score (nSPS) is 10.7. The number of nitrogens with zero attached hydrogens (tertiary/aromatic N) is 2. The zero-order valence-electron chi connectivity index (χ0n) is 10.5. The molecule has 0 amide bonds. The lowest BCUT2D eigenvalue weighted by Crippen LogP contribution is -2.19. The van der Waals surface area contributed by atoms with Crippen molar-refractivity contribution < 1.29 is 4.74 Å². The molecule has 1 aromatic carbocycles. The van der Waals surface area contributed by atoms with Crippen molar-refractivity contribution in [3.8, 4) is 11.3 Å². The highest BCUT2D eigenvalue weighted by Gasteiger charge is 2.08. The number of aromatic amines is 1. The summed E-state index contributed by atoms with van der Waals surface area (Å²) < 4.78 is 5.26. The van der Waals surface area contributed by atoms with Crippen molar-refractivity contribution in [1.82, 2.24) is 20.7 Å². The van der Waals surface area contributed by atoms with E-state index in [4.69, 9.17) is 4.74 Å². The van der Waals surface area contributed by atoms with Gasteiger partial charge in [-0.05, 0) is 6.92 Å². The molecule has 96 valence electrons. The summed E-state index contributed by atoms with van der Waals surface area (Å²) in [6, 6.07) is 10.0. The van der Waals surface area contributed by atoms with Crippen LogP contribution >= 0.6 is 0 Å². The van der Waals surface area contributed by atoms with Crippen LogP contribution in [0.25, 0.3) is 11.3 Å². The number of hydrogen-bond donors (Lipinski definition) is 2. The van der Waals surface area contributed by atoms with Gasteiger partial charge >= 0.3 is 0 Å². The number of benzene rings is 1. The number of rotatable bonds is 7. The molecule has 2 aromatic rings. The Morgan fingerprint density at radius 2 is 2.06 bits per heavy atom. The molecule has 2 N–H and O–H groups in total. The fourth-order valence-corrected chi connectivity index (χ4v) is 1.70. The molecule has 1 heterocycles. The summed E-state index contributed by atoms with van der Waals surface area (Å²) in [5.41, 5.74) is 2.91. The van der Waals surface area contributed by atoms with Crippen molar-refractivity contribution in [1.29, 1.82) is 0 Å². The quantitative estimate of drug-likeness (QED) is 0.728. The summed E-state index contributed by atoms with van der Waals surface area (Å²) in [5, 5.41) is 14.3. The van der Waals surface area contributed by atoms with E-state index in [1.54, 1.807) is 0 Å². The largest absolute Gasteiger partial charge is 0.380 e. The number of hydrogen-bond acceptors (Lipinski definition) is 4. The van der Waals surface area contributed by atoms with Crippen molar-refractivity contribution in [3.05, 3.63) is 36.0 Å². The average Bonchev–Trinajstić information content (AvgIpc) is 2.88. The minimum atomic E-state index is 0.688. The van der Waals surface area contributed by atoms with Crippen LogP contribution in [0.1, 0.15) is 12.6 Å². The summed E-state index contributed by atoms with van der Waals surface area (Å²) in [5.74, 6) is 0. The SMILES string of the molecule is CCOCCNCc1n[nH]nc1-c1ccccc1. The van der Waals surface area contributed by atoms with Gasteiger partial charge < -0.3 is 10.1 Å². The molecule has 0 saturated heterocycles. The molecular weight excluding hydrogens is 228 g/mol. The highest BCUT2D eigenvalue weighted by molar-refractivity contribution is 5.60. The van der Waals surface area contributed by atoms with Crippen LogP contribution in [0.15, 0.2) is 30.3 Å². The van der Waals surface area contributed by atoms with Crippen LogP contribution < -0.4 is 5.32 Å². The topological polar surface area (TPSA) is 62.8 Å². The number of H-pyrrole nitrogens is 1. The van der Waals surface area contributed by atoms with Crippen LogP contribution in [-0.2, 0) is 11.3 Å². The van der Waals surface area contributed by atoms with Crippen molar-refractivity contribution in [3.63, 3.8) is 0 Å². The zero-order valence-corrected chi connectivity index (χ0v) is 10.5. The van der Waals surface area contributed by atoms with Gasteiger partial charge in [-0.2, -0.15) is 15.4 Å². The molecule has 18 heavy (non-hydrogen) atoms. The third-order valence-corrected chi connectivity index (χ3v) is 2.59. The van der Waals surface area contributed by atoms with Crippen molar-refractivity contribution in [2.75, 3.05) is 19.8 Å². The summed E-state index contributed by atoms with van der Waals surface area (Å²) in [6.45, 7) is 4.96. The minimum absolute atomic E-state index is 0.688. The Bertz CT molecular complexity index is 455. The van der Waals surface area contributed by atoms with E-state index in [2.05, 4.69) is 20.7 Å². The van der Waals surface area contributed by atoms with Gasteiger partial charge in [0.05, 0.1) is 6.61 Å². The lowest BCUT2D eigenvalue weighted by atomic mass is 10.1. The van der Waals surface area contributed by atoms with Gasteiger partial charge in [0.15, 0.2) is 0 Å². The zero-order chi connectivity index (χ0) is 12.6. The fourth-order valence-electron chi connectivity index (χ4n) is 1.70. The maximum Gasteiger partial charge on any atom is 0.117 e. The molecule has 0 spiro atoms. The van der Waals surface area contributed by atoms with Gasteiger partial charge in [0.25, 0.3) is 0 Å². The van der Waals surface area contributed by atoms with Crippen molar-refractivity contribution in [2.45, 2.75) is 13.5 Å². The Morgan fingerprint density at radius 1 is 1.22 bits per heavy atom. The molecule has 0 atom stereocenters. The summed E-state index contributed by atoms with van der Waals surface area (Å²) in [6.07, 6.45) is 0. The summed E-state index contributed by atoms with van der Waals surface area (Å²) >= 11 is 0. The lowest BCUT2D eigenvalue weighted by molar-refractivity contribution is 0.149. The Morgan fingerprint density at radius 3 is 2.83 bits per heavy atom. The van der Waals surface area contributed by atoms with Gasteiger partial charge in [0, 0.05) is 25.3 Å². The molecule has 0 aliphatic heterocycles. The Hall–Kier alpha value is -1.72. The van der Waals surface area contributed by atoms with E-state index in [9.17, 15) is 0 Å². The molecular formula is C13H18N4O. The highest BCUT2D eigenvalue weighted by atomic mass is 16.5. The van der Waals surface area contributed by atoms with E-state index in [1.165, 1.54) is 0 Å². The molecule has 0 aliphatic rings. The van der Waals surface area contributed by atoms with Gasteiger partial charge in [0.2, 0.25) is 0 Å². The standard InChI is InChI=1S/C13H18N4O/c1-2-18-9-8-14-10-12-13(16-17-15-12)11-6-4-3-5-7-11/h3-7,14H,2,8-10H2,1H3,(H,15,16,17). The fraction of sp³-hybridized carbons (Fsp3) is 0.385. The van der Waals surface area contributed by atoms with E-state index in [0.29, 0.717) is 6.54 Å². The third-order valence-electron chi connectivity index (χ3n) is 2.59. The summed E-state index contributed by atoms with van der Waals surface area (Å²) in [7, 11) is 0. The predicted molar refractivity (Wildman–Crippen MR) is 70.0 cm³/mol. The van der Waals surface area contributed by atoms with Crippen LogP contribution in [0.4, 0.5) is 0 Å². The molecule has 0 saturated carbocycles. The van der Waals surface area contributed by atoms with Crippen LogP contribution in [0, 0.1) is 0 Å². The second-order valence-corrected chi connectivity index (χ2v) is 3.86. The number of ether oxygens (including phenoxy) is 1. The Balaban J connectivity index is 1.92. The van der Waals surface area contributed by atoms with E-state index in [-0.39, 0.29) is 0 Å². The Kier molecular flexibility index (Phi) is 4.87. The second kappa shape index (κ2) is 6.88. The number of aromatic nitrogens is 3. The first-order valence-electron chi connectivity index (χ1n) is 6.15. The van der Waals surface area contributed by atoms with E-state index >= 15 is 0 Å². The molecule has 0 fully saturated rings. The van der Waals surface area contributed by atoms with Crippen molar-refractivity contribution in [2.24, 2.45) is 0 Å². The van der Waals surface area contributed by atoms with E-state index in [1.807, 2.05) is 37.3 Å². The maximum atomic E-state index is 5.26. The molecule has 0 unspecified atom stereocenters. The minimum Gasteiger partial charge on any atom is -0.380 e. The molecule has 0 radical (unpaired) electrons. The van der Waals surface area contributed by atoms with Crippen LogP contribution in [0.3, 0.4) is 0 Å². The Labute approximate surface area is 107 Å². The maximum absolute atomic E-state index is 5.26. The van der Waals surface area contributed by atoms with Gasteiger partial charge in [-0.15, -0.1) is 0 Å². The first-order chi connectivity index (χ1) is 8.92. The van der Waals surface area contributed by atoms with Gasteiger partial charge in [-0.1, -0.05) is 30.3 Å². The number of nitrogens with one attached hydrogen (secondary N) is 2. The molecule has 0 bridgehead atoms.